The van der Waals surface area contributed by atoms with E-state index in [1.165, 1.54) is 11.3 Å². The maximum absolute atomic E-state index is 12.7. The van der Waals surface area contributed by atoms with Crippen LogP contribution in [0.4, 0.5) is 0 Å². The van der Waals surface area contributed by atoms with Crippen molar-refractivity contribution in [1.29, 1.82) is 0 Å². The summed E-state index contributed by atoms with van der Waals surface area (Å²) in [6.45, 7) is 3.07. The molecule has 1 aromatic heterocycles. The zero-order valence-corrected chi connectivity index (χ0v) is 14.6. The van der Waals surface area contributed by atoms with Crippen molar-refractivity contribution >= 4 is 37.3 Å². The molecule has 1 unspecified atom stereocenters. The molecule has 0 saturated carbocycles. The fourth-order valence-corrected chi connectivity index (χ4v) is 6.29. The van der Waals surface area contributed by atoms with Crippen LogP contribution in [-0.4, -0.2) is 50.8 Å². The summed E-state index contributed by atoms with van der Waals surface area (Å²) in [6.07, 6.45) is 1.98. The van der Waals surface area contributed by atoms with Crippen LogP contribution in [0.2, 0.25) is 0 Å². The molecule has 1 atom stereocenters. The minimum absolute atomic E-state index is 0.311. The van der Waals surface area contributed by atoms with Gasteiger partial charge >= 0.3 is 0 Å². The maximum Gasteiger partial charge on any atom is 0.244 e. The minimum Gasteiger partial charge on any atom is -0.305 e. The Morgan fingerprint density at radius 2 is 2.16 bits per heavy atom. The molecule has 2 heterocycles. The molecule has 0 aliphatic carbocycles. The van der Waals surface area contributed by atoms with Gasteiger partial charge in [-0.1, -0.05) is 0 Å². The molecule has 1 aromatic rings. The van der Waals surface area contributed by atoms with Gasteiger partial charge in [-0.05, 0) is 55.9 Å². The van der Waals surface area contributed by atoms with Gasteiger partial charge in [-0.3, -0.25) is 0 Å². The van der Waals surface area contributed by atoms with Crippen LogP contribution < -0.4 is 0 Å². The molecule has 0 N–H and O–H groups in total. The highest BCUT2D eigenvalue weighted by atomic mass is 79.9. The van der Waals surface area contributed by atoms with E-state index in [9.17, 15) is 8.42 Å². The Morgan fingerprint density at radius 1 is 1.47 bits per heavy atom. The topological polar surface area (TPSA) is 40.6 Å². The highest BCUT2D eigenvalue weighted by Gasteiger charge is 2.32. The maximum atomic E-state index is 12.7. The number of nitrogens with zero attached hydrogens (tertiary/aromatic N) is 2. The van der Waals surface area contributed by atoms with Crippen molar-refractivity contribution in [2.75, 3.05) is 27.2 Å². The quantitative estimate of drug-likeness (QED) is 0.825. The monoisotopic (exact) mass is 366 g/mol. The van der Waals surface area contributed by atoms with Crippen molar-refractivity contribution in [2.45, 2.75) is 30.7 Å². The van der Waals surface area contributed by atoms with E-state index in [0.29, 0.717) is 24.0 Å². The lowest BCUT2D eigenvalue weighted by molar-refractivity contribution is 0.190. The van der Waals surface area contributed by atoms with E-state index in [1.807, 2.05) is 21.0 Å². The van der Waals surface area contributed by atoms with Crippen LogP contribution in [0.1, 0.15) is 17.7 Å². The first-order chi connectivity index (χ1) is 8.82. The standard InChI is InChI=1S/C12H19BrN2O2S2/c1-9-11(7-12(13)18-9)19(16,17)15-6-4-5-10(8-15)14(2)3/h7,10H,4-6,8H2,1-3H3. The predicted octanol–water partition coefficient (Wildman–Crippen LogP) is 2.53. The largest absolute Gasteiger partial charge is 0.305 e. The van der Waals surface area contributed by atoms with Gasteiger partial charge in [0.1, 0.15) is 0 Å². The van der Waals surface area contributed by atoms with Crippen molar-refractivity contribution < 1.29 is 8.42 Å². The third kappa shape index (κ3) is 3.21. The van der Waals surface area contributed by atoms with Gasteiger partial charge in [-0.15, -0.1) is 11.3 Å². The number of sulfonamides is 1. The molecular weight excluding hydrogens is 348 g/mol. The summed E-state index contributed by atoms with van der Waals surface area (Å²) in [5, 5.41) is 0. The Hall–Kier alpha value is 0.0500. The van der Waals surface area contributed by atoms with Crippen molar-refractivity contribution in [1.82, 2.24) is 9.21 Å². The van der Waals surface area contributed by atoms with Crippen molar-refractivity contribution in [3.8, 4) is 0 Å². The summed E-state index contributed by atoms with van der Waals surface area (Å²) >= 11 is 4.83. The second-order valence-electron chi connectivity index (χ2n) is 5.09. The number of piperidine rings is 1. The van der Waals surface area contributed by atoms with Crippen molar-refractivity contribution in [2.24, 2.45) is 0 Å². The van der Waals surface area contributed by atoms with Crippen LogP contribution in [0.5, 0.6) is 0 Å². The summed E-state index contributed by atoms with van der Waals surface area (Å²) in [5.41, 5.74) is 0. The Kier molecular flexibility index (Phi) is 4.72. The van der Waals surface area contributed by atoms with E-state index >= 15 is 0 Å². The van der Waals surface area contributed by atoms with Crippen LogP contribution >= 0.6 is 27.3 Å². The van der Waals surface area contributed by atoms with Gasteiger partial charge in [0.05, 0.1) is 8.68 Å². The molecular formula is C12H19BrN2O2S2. The predicted molar refractivity (Wildman–Crippen MR) is 82.2 cm³/mol. The molecule has 1 aliphatic heterocycles. The number of halogens is 1. The lowest BCUT2D eigenvalue weighted by atomic mass is 10.1. The molecule has 7 heteroatoms. The number of hydrogen-bond donors (Lipinski definition) is 0. The summed E-state index contributed by atoms with van der Waals surface area (Å²) in [5.74, 6) is 0. The first-order valence-electron chi connectivity index (χ1n) is 6.25. The first kappa shape index (κ1) is 15.4. The summed E-state index contributed by atoms with van der Waals surface area (Å²) in [6, 6.07) is 2.03. The van der Waals surface area contributed by atoms with Crippen molar-refractivity contribution in [3.05, 3.63) is 14.7 Å². The van der Waals surface area contributed by atoms with Crippen LogP contribution in [0.3, 0.4) is 0 Å². The van der Waals surface area contributed by atoms with E-state index in [4.69, 9.17) is 0 Å². The molecule has 1 fully saturated rings. The highest BCUT2D eigenvalue weighted by molar-refractivity contribution is 9.11. The van der Waals surface area contributed by atoms with Crippen molar-refractivity contribution in [3.63, 3.8) is 0 Å². The SMILES string of the molecule is Cc1sc(Br)cc1S(=O)(=O)N1CCCC(N(C)C)C1. The summed E-state index contributed by atoms with van der Waals surface area (Å²) in [4.78, 5) is 3.40. The van der Waals surface area contributed by atoms with Crippen LogP contribution in [0, 0.1) is 6.92 Å². The first-order valence-corrected chi connectivity index (χ1v) is 9.30. The lowest BCUT2D eigenvalue weighted by Crippen LogP contribution is -2.47. The van der Waals surface area contributed by atoms with Crippen LogP contribution in [0.25, 0.3) is 0 Å². The van der Waals surface area contributed by atoms with Gasteiger partial charge in [0, 0.05) is 24.0 Å². The molecule has 108 valence electrons. The van der Waals surface area contributed by atoms with E-state index in [1.54, 1.807) is 10.4 Å². The minimum atomic E-state index is -3.35. The van der Waals surface area contributed by atoms with Gasteiger partial charge in [0.15, 0.2) is 0 Å². The Bertz CT molecular complexity index is 554. The average Bonchev–Trinajstić information content (AvgIpc) is 2.69. The normalized spacial score (nSPS) is 22.1. The summed E-state index contributed by atoms with van der Waals surface area (Å²) in [7, 11) is 0.663. The average molecular weight is 367 g/mol. The van der Waals surface area contributed by atoms with Gasteiger partial charge in [0.2, 0.25) is 10.0 Å². The number of likely N-dealkylation sites (N-methyl/N-ethyl adjacent to an activating group) is 1. The fraction of sp³-hybridized carbons (Fsp3) is 0.667. The number of thiophene rings is 1. The lowest BCUT2D eigenvalue weighted by Gasteiger charge is -2.35. The van der Waals surface area contributed by atoms with Gasteiger partial charge in [-0.2, -0.15) is 4.31 Å². The Balaban J connectivity index is 2.27. The van der Waals surface area contributed by atoms with E-state index in [-0.39, 0.29) is 0 Å². The molecule has 0 aromatic carbocycles. The second-order valence-corrected chi connectivity index (χ2v) is 9.64. The third-order valence-electron chi connectivity index (χ3n) is 3.55. The van der Waals surface area contributed by atoms with Crippen LogP contribution in [-0.2, 0) is 10.0 Å². The molecule has 0 bridgehead atoms. The smallest absolute Gasteiger partial charge is 0.244 e. The van der Waals surface area contributed by atoms with E-state index in [0.717, 1.165) is 21.5 Å². The number of rotatable bonds is 3. The molecule has 19 heavy (non-hydrogen) atoms. The summed E-state index contributed by atoms with van der Waals surface area (Å²) < 4.78 is 27.9. The van der Waals surface area contributed by atoms with Gasteiger partial charge < -0.3 is 4.90 Å². The van der Waals surface area contributed by atoms with Gasteiger partial charge in [-0.25, -0.2) is 8.42 Å². The molecule has 0 radical (unpaired) electrons. The Morgan fingerprint density at radius 3 is 2.68 bits per heavy atom. The molecule has 2 rings (SSSR count). The molecule has 0 amide bonds. The third-order valence-corrected chi connectivity index (χ3v) is 7.22. The number of aryl methyl sites for hydroxylation is 1. The molecule has 1 saturated heterocycles. The zero-order chi connectivity index (χ0) is 14.2. The molecule has 4 nitrogen and oxygen atoms in total. The van der Waals surface area contributed by atoms with Crippen LogP contribution in [0.15, 0.2) is 14.7 Å². The zero-order valence-electron chi connectivity index (χ0n) is 11.4. The Labute approximate surface area is 127 Å². The van der Waals surface area contributed by atoms with Gasteiger partial charge in [0.25, 0.3) is 0 Å². The molecule has 1 aliphatic rings. The van der Waals surface area contributed by atoms with E-state index < -0.39 is 10.0 Å². The van der Waals surface area contributed by atoms with E-state index in [2.05, 4.69) is 20.8 Å². The number of hydrogen-bond acceptors (Lipinski definition) is 4. The fourth-order valence-electron chi connectivity index (χ4n) is 2.39. The highest BCUT2D eigenvalue weighted by Crippen LogP contribution is 2.32. The molecule has 0 spiro atoms. The second kappa shape index (κ2) is 5.81.